The Labute approximate surface area is 229 Å². The van der Waals surface area contributed by atoms with E-state index in [0.717, 1.165) is 68.6 Å². The monoisotopic (exact) mass is 532 g/mol. The summed E-state index contributed by atoms with van der Waals surface area (Å²) >= 11 is 0. The third kappa shape index (κ3) is 5.98. The first-order valence-corrected chi connectivity index (χ1v) is 14.3. The molecule has 2 fully saturated rings. The Morgan fingerprint density at radius 3 is 2.46 bits per heavy atom. The molecule has 4 aromatic rings. The minimum atomic E-state index is -0.0600. The standard InChI is InChI=1S/C26H28N6O3.2C2H6/c1-16(33)21-12-17-15-28-26(30-25(17)32(21)19-4-2-3-5-19)29-18-6-7-20-22(34)14-24(35-23(20)13-18)31-10-8-27-9-11-31;2*1-2/h6-7,12-15,19,27H,2-5,8-11H2,1H3,(H,28,29,30);2*1-2H3. The minimum absolute atomic E-state index is 0.0364. The number of carbonyl (C=O) groups excluding carboxylic acids is 1. The van der Waals surface area contributed by atoms with Gasteiger partial charge in [-0.2, -0.15) is 4.98 Å². The number of anilines is 3. The lowest BCUT2D eigenvalue weighted by Gasteiger charge is -2.27. The predicted octanol–water partition coefficient (Wildman–Crippen LogP) is 6.06. The van der Waals surface area contributed by atoms with Crippen LogP contribution in [0.1, 0.15) is 76.8 Å². The number of nitrogens with zero attached hydrogens (tertiary/aromatic N) is 4. The molecule has 2 N–H and O–H groups in total. The van der Waals surface area contributed by atoms with Gasteiger partial charge in [-0.05, 0) is 31.0 Å². The average Bonchev–Trinajstić information content (AvgIpc) is 3.63. The molecule has 1 aromatic carbocycles. The Kier molecular flexibility index (Phi) is 9.35. The zero-order valence-electron chi connectivity index (χ0n) is 23.7. The van der Waals surface area contributed by atoms with E-state index in [0.29, 0.717) is 28.5 Å². The molecule has 208 valence electrons. The summed E-state index contributed by atoms with van der Waals surface area (Å²) in [4.78, 5) is 36.4. The van der Waals surface area contributed by atoms with Gasteiger partial charge in [0.1, 0.15) is 11.2 Å². The van der Waals surface area contributed by atoms with Gasteiger partial charge in [0.05, 0.1) is 11.1 Å². The number of hydrogen-bond acceptors (Lipinski definition) is 8. The summed E-state index contributed by atoms with van der Waals surface area (Å²) in [7, 11) is 0. The summed E-state index contributed by atoms with van der Waals surface area (Å²) in [6.07, 6.45) is 6.18. The second kappa shape index (κ2) is 12.9. The fraction of sp³-hybridized carbons (Fsp3) is 0.467. The number of carbonyl (C=O) groups is 1. The minimum Gasteiger partial charge on any atom is -0.440 e. The van der Waals surface area contributed by atoms with Crippen molar-refractivity contribution in [1.82, 2.24) is 19.9 Å². The summed E-state index contributed by atoms with van der Waals surface area (Å²) in [5.74, 6) is 1.06. The van der Waals surface area contributed by atoms with Gasteiger partial charge in [-0.3, -0.25) is 9.59 Å². The van der Waals surface area contributed by atoms with Gasteiger partial charge in [0.15, 0.2) is 17.1 Å². The normalized spacial score (nSPS) is 15.5. The van der Waals surface area contributed by atoms with Crippen LogP contribution in [0.15, 0.2) is 45.7 Å². The number of fused-ring (bicyclic) bond motifs is 2. The molecule has 1 aliphatic carbocycles. The van der Waals surface area contributed by atoms with Gasteiger partial charge < -0.3 is 24.5 Å². The number of piperazine rings is 1. The van der Waals surface area contributed by atoms with Crippen LogP contribution in [0.5, 0.6) is 0 Å². The molecule has 0 amide bonds. The molecule has 0 atom stereocenters. The summed E-state index contributed by atoms with van der Waals surface area (Å²) < 4.78 is 8.22. The maximum absolute atomic E-state index is 12.7. The van der Waals surface area contributed by atoms with Gasteiger partial charge in [0.25, 0.3) is 0 Å². The Hall–Kier alpha value is -3.72. The summed E-state index contributed by atoms with van der Waals surface area (Å²) in [5.41, 5.74) is 2.64. The fourth-order valence-electron chi connectivity index (χ4n) is 5.26. The summed E-state index contributed by atoms with van der Waals surface area (Å²) in [6.45, 7) is 12.9. The van der Waals surface area contributed by atoms with E-state index in [4.69, 9.17) is 9.40 Å². The molecule has 9 heteroatoms. The molecule has 1 aliphatic heterocycles. The van der Waals surface area contributed by atoms with Crippen molar-refractivity contribution in [3.8, 4) is 0 Å². The molecule has 39 heavy (non-hydrogen) atoms. The molecule has 6 rings (SSSR count). The van der Waals surface area contributed by atoms with E-state index in [1.54, 1.807) is 25.3 Å². The van der Waals surface area contributed by atoms with Crippen molar-refractivity contribution in [2.75, 3.05) is 36.4 Å². The van der Waals surface area contributed by atoms with Gasteiger partial charge in [-0.25, -0.2) is 4.98 Å². The first-order valence-electron chi connectivity index (χ1n) is 14.3. The van der Waals surface area contributed by atoms with Crippen LogP contribution in [0, 0.1) is 0 Å². The molecule has 0 bridgehead atoms. The number of nitrogens with one attached hydrogen (secondary N) is 2. The third-order valence-electron chi connectivity index (χ3n) is 7.03. The highest BCUT2D eigenvalue weighted by atomic mass is 16.4. The average molecular weight is 533 g/mol. The van der Waals surface area contributed by atoms with E-state index >= 15 is 0 Å². The number of Topliss-reactive ketones (excluding diaryl/α,β-unsaturated/α-hetero) is 1. The van der Waals surface area contributed by atoms with Crippen molar-refractivity contribution in [1.29, 1.82) is 0 Å². The maximum atomic E-state index is 12.7. The quantitative estimate of drug-likeness (QED) is 0.299. The Balaban J connectivity index is 0.000000845. The van der Waals surface area contributed by atoms with Crippen LogP contribution < -0.4 is 21.0 Å². The number of rotatable bonds is 5. The maximum Gasteiger partial charge on any atom is 0.229 e. The Morgan fingerprint density at radius 1 is 1.05 bits per heavy atom. The second-order valence-corrected chi connectivity index (χ2v) is 9.39. The molecule has 0 spiro atoms. The molecule has 0 radical (unpaired) electrons. The number of benzene rings is 1. The predicted molar refractivity (Wildman–Crippen MR) is 159 cm³/mol. The van der Waals surface area contributed by atoms with Gasteiger partial charge in [-0.1, -0.05) is 40.5 Å². The SMILES string of the molecule is CC.CC.CC(=O)c1cc2cnc(Nc3ccc4c(=O)cc(N5CCNCC5)oc4c3)nc2n1C1CCCC1. The molecule has 1 saturated carbocycles. The Bertz CT molecular complexity index is 1480. The fourth-order valence-corrected chi connectivity index (χ4v) is 5.26. The largest absolute Gasteiger partial charge is 0.440 e. The zero-order valence-corrected chi connectivity index (χ0v) is 23.7. The van der Waals surface area contributed by atoms with Crippen molar-refractivity contribution >= 4 is 45.3 Å². The van der Waals surface area contributed by atoms with Gasteiger partial charge in [0.2, 0.25) is 5.95 Å². The number of hydrogen-bond donors (Lipinski definition) is 2. The molecule has 9 nitrogen and oxygen atoms in total. The van der Waals surface area contributed by atoms with Crippen LogP contribution in [-0.2, 0) is 0 Å². The molecule has 4 heterocycles. The first-order chi connectivity index (χ1) is 19.1. The van der Waals surface area contributed by atoms with E-state index in [1.165, 1.54) is 0 Å². The van der Waals surface area contributed by atoms with Crippen LogP contribution in [-0.4, -0.2) is 46.5 Å². The highest BCUT2D eigenvalue weighted by molar-refractivity contribution is 5.98. The summed E-state index contributed by atoms with van der Waals surface area (Å²) in [5, 5.41) is 7.96. The number of aromatic nitrogens is 3. The molecule has 3 aromatic heterocycles. The van der Waals surface area contributed by atoms with E-state index in [9.17, 15) is 9.59 Å². The van der Waals surface area contributed by atoms with E-state index < -0.39 is 0 Å². The van der Waals surface area contributed by atoms with Crippen LogP contribution in [0.2, 0.25) is 0 Å². The molecular weight excluding hydrogens is 492 g/mol. The molecule has 2 aliphatic rings. The van der Waals surface area contributed by atoms with Crippen molar-refractivity contribution < 1.29 is 9.21 Å². The molecule has 1 saturated heterocycles. The summed E-state index contributed by atoms with van der Waals surface area (Å²) in [6, 6.07) is 9.15. The Morgan fingerprint density at radius 2 is 1.77 bits per heavy atom. The van der Waals surface area contributed by atoms with Crippen LogP contribution in [0.4, 0.5) is 17.5 Å². The van der Waals surface area contributed by atoms with E-state index in [1.807, 2.05) is 45.9 Å². The highest BCUT2D eigenvalue weighted by Gasteiger charge is 2.24. The second-order valence-electron chi connectivity index (χ2n) is 9.39. The van der Waals surface area contributed by atoms with E-state index in [2.05, 4.69) is 25.1 Å². The van der Waals surface area contributed by atoms with Crippen molar-refractivity contribution in [3.05, 3.63) is 52.4 Å². The lowest BCUT2D eigenvalue weighted by molar-refractivity contribution is 0.100. The zero-order chi connectivity index (χ0) is 27.9. The van der Waals surface area contributed by atoms with Gasteiger partial charge in [-0.15, -0.1) is 0 Å². The van der Waals surface area contributed by atoms with E-state index in [-0.39, 0.29) is 17.3 Å². The smallest absolute Gasteiger partial charge is 0.229 e. The topological polar surface area (TPSA) is 105 Å². The van der Waals surface area contributed by atoms with Crippen LogP contribution in [0.25, 0.3) is 22.0 Å². The van der Waals surface area contributed by atoms with Crippen molar-refractivity contribution in [2.45, 2.75) is 66.3 Å². The third-order valence-corrected chi connectivity index (χ3v) is 7.03. The first kappa shape index (κ1) is 28.3. The molecular formula is C30H40N6O3. The lowest BCUT2D eigenvalue weighted by atomic mass is 10.2. The highest BCUT2D eigenvalue weighted by Crippen LogP contribution is 2.35. The van der Waals surface area contributed by atoms with Crippen molar-refractivity contribution in [2.24, 2.45) is 0 Å². The van der Waals surface area contributed by atoms with Gasteiger partial charge >= 0.3 is 0 Å². The molecule has 0 unspecified atom stereocenters. The lowest BCUT2D eigenvalue weighted by Crippen LogP contribution is -2.43. The van der Waals surface area contributed by atoms with Gasteiger partial charge in [0, 0.05) is 68.5 Å². The van der Waals surface area contributed by atoms with Crippen LogP contribution >= 0.6 is 0 Å². The van der Waals surface area contributed by atoms with Crippen LogP contribution in [0.3, 0.4) is 0 Å². The number of ketones is 1. The van der Waals surface area contributed by atoms with Crippen molar-refractivity contribution in [3.63, 3.8) is 0 Å².